The van der Waals surface area contributed by atoms with Crippen molar-refractivity contribution in [2.45, 2.75) is 13.3 Å². The third-order valence-corrected chi connectivity index (χ3v) is 5.13. The summed E-state index contributed by atoms with van der Waals surface area (Å²) in [5, 5.41) is 1.78. The van der Waals surface area contributed by atoms with Crippen molar-refractivity contribution in [2.24, 2.45) is 0 Å². The molecule has 2 aromatic carbocycles. The highest BCUT2D eigenvalue weighted by Crippen LogP contribution is 2.29. The number of aromatic nitrogens is 1. The first-order chi connectivity index (χ1) is 11.1. The normalized spacial score (nSPS) is 10.9. The first kappa shape index (κ1) is 16.2. The second-order valence-corrected chi connectivity index (χ2v) is 6.87. The number of amides is 1. The van der Waals surface area contributed by atoms with Gasteiger partial charge in [-0.15, -0.1) is 0 Å². The molecular weight excluding hydrogens is 351 g/mol. The number of benzene rings is 2. The minimum Gasteiger partial charge on any atom is -0.288 e. The number of para-hydroxylation sites is 1. The number of fused-ring (bicyclic) bond motifs is 1. The number of hydrogen-bond acceptors (Lipinski definition) is 3. The van der Waals surface area contributed by atoms with Gasteiger partial charge in [-0.1, -0.05) is 52.7 Å². The van der Waals surface area contributed by atoms with E-state index >= 15 is 0 Å². The smallest absolute Gasteiger partial charge is 0.233 e. The number of thiazole rings is 1. The van der Waals surface area contributed by atoms with Crippen molar-refractivity contribution in [3.63, 3.8) is 0 Å². The summed E-state index contributed by atoms with van der Waals surface area (Å²) in [7, 11) is 0. The molecule has 0 radical (unpaired) electrons. The summed E-state index contributed by atoms with van der Waals surface area (Å²) in [6, 6.07) is 13.0. The van der Waals surface area contributed by atoms with Crippen molar-refractivity contribution in [2.75, 3.05) is 11.4 Å². The minimum absolute atomic E-state index is 0.0317. The molecule has 3 rings (SSSR count). The summed E-state index contributed by atoms with van der Waals surface area (Å²) in [4.78, 5) is 18.9. The lowest BCUT2D eigenvalue weighted by atomic mass is 10.1. The van der Waals surface area contributed by atoms with E-state index in [1.165, 1.54) is 11.3 Å². The Morgan fingerprint density at radius 3 is 2.70 bits per heavy atom. The lowest BCUT2D eigenvalue weighted by Gasteiger charge is -2.18. The van der Waals surface area contributed by atoms with Crippen LogP contribution in [0.1, 0.15) is 12.5 Å². The number of halogens is 2. The molecule has 1 amide bonds. The third-order valence-electron chi connectivity index (χ3n) is 3.49. The molecule has 0 unspecified atom stereocenters. The fraction of sp³-hybridized carbons (Fsp3) is 0.176. The van der Waals surface area contributed by atoms with E-state index in [2.05, 4.69) is 4.98 Å². The lowest BCUT2D eigenvalue weighted by molar-refractivity contribution is -0.117. The van der Waals surface area contributed by atoms with Gasteiger partial charge < -0.3 is 0 Å². The van der Waals surface area contributed by atoms with Crippen LogP contribution in [0.5, 0.6) is 0 Å². The molecule has 0 saturated carbocycles. The van der Waals surface area contributed by atoms with E-state index in [-0.39, 0.29) is 12.3 Å². The molecule has 118 valence electrons. The SMILES string of the molecule is CCN(C(=O)Cc1ccc(Cl)cc1Cl)c1nc2ccccc2s1. The molecule has 1 heterocycles. The van der Waals surface area contributed by atoms with Gasteiger partial charge in [0.1, 0.15) is 0 Å². The van der Waals surface area contributed by atoms with Gasteiger partial charge in [0.25, 0.3) is 0 Å². The van der Waals surface area contributed by atoms with Crippen molar-refractivity contribution < 1.29 is 4.79 Å². The highest BCUT2D eigenvalue weighted by Gasteiger charge is 2.19. The van der Waals surface area contributed by atoms with Gasteiger partial charge in [-0.25, -0.2) is 4.98 Å². The maximum atomic E-state index is 12.7. The van der Waals surface area contributed by atoms with E-state index in [1.54, 1.807) is 23.1 Å². The van der Waals surface area contributed by atoms with Gasteiger partial charge >= 0.3 is 0 Å². The summed E-state index contributed by atoms with van der Waals surface area (Å²) in [6.07, 6.45) is 0.222. The molecule has 3 aromatic rings. The lowest BCUT2D eigenvalue weighted by Crippen LogP contribution is -2.31. The Kier molecular flexibility index (Phi) is 4.85. The molecule has 0 bridgehead atoms. The van der Waals surface area contributed by atoms with E-state index in [9.17, 15) is 4.79 Å². The fourth-order valence-corrected chi connectivity index (χ4v) is 3.84. The van der Waals surface area contributed by atoms with Crippen LogP contribution in [0.25, 0.3) is 10.2 Å². The number of rotatable bonds is 4. The van der Waals surface area contributed by atoms with Gasteiger partial charge in [0, 0.05) is 16.6 Å². The van der Waals surface area contributed by atoms with E-state index in [1.807, 2.05) is 31.2 Å². The van der Waals surface area contributed by atoms with Crippen molar-refractivity contribution in [3.8, 4) is 0 Å². The number of anilines is 1. The molecule has 0 fully saturated rings. The van der Waals surface area contributed by atoms with Crippen LogP contribution in [0.3, 0.4) is 0 Å². The number of nitrogens with zero attached hydrogens (tertiary/aromatic N) is 2. The van der Waals surface area contributed by atoms with Gasteiger partial charge in [0.05, 0.1) is 16.6 Å². The Morgan fingerprint density at radius 2 is 2.00 bits per heavy atom. The maximum Gasteiger partial charge on any atom is 0.233 e. The Hall–Kier alpha value is -1.62. The van der Waals surface area contributed by atoms with Gasteiger partial charge in [0.15, 0.2) is 5.13 Å². The van der Waals surface area contributed by atoms with Crippen molar-refractivity contribution in [1.29, 1.82) is 0 Å². The van der Waals surface area contributed by atoms with Crippen LogP contribution < -0.4 is 4.90 Å². The van der Waals surface area contributed by atoms with Gasteiger partial charge in [-0.2, -0.15) is 0 Å². The van der Waals surface area contributed by atoms with Crippen molar-refractivity contribution in [1.82, 2.24) is 4.98 Å². The average Bonchev–Trinajstić information content (AvgIpc) is 2.94. The Balaban J connectivity index is 1.86. The second kappa shape index (κ2) is 6.87. The number of hydrogen-bond donors (Lipinski definition) is 0. The van der Waals surface area contributed by atoms with Crippen LogP contribution >= 0.6 is 34.5 Å². The van der Waals surface area contributed by atoms with Crippen LogP contribution in [0.2, 0.25) is 10.0 Å². The summed E-state index contributed by atoms with van der Waals surface area (Å²) < 4.78 is 1.07. The first-order valence-corrected chi connectivity index (χ1v) is 8.75. The topological polar surface area (TPSA) is 33.2 Å². The molecule has 0 atom stereocenters. The minimum atomic E-state index is -0.0317. The summed E-state index contributed by atoms with van der Waals surface area (Å²) >= 11 is 13.6. The fourth-order valence-electron chi connectivity index (χ4n) is 2.32. The van der Waals surface area contributed by atoms with E-state index in [0.717, 1.165) is 15.8 Å². The van der Waals surface area contributed by atoms with Crippen molar-refractivity contribution in [3.05, 3.63) is 58.1 Å². The van der Waals surface area contributed by atoms with Crippen LogP contribution in [0.4, 0.5) is 5.13 Å². The molecule has 0 N–H and O–H groups in total. The monoisotopic (exact) mass is 364 g/mol. The predicted octanol–water partition coefficient (Wildman–Crippen LogP) is 5.20. The van der Waals surface area contributed by atoms with Gasteiger partial charge in [-0.3, -0.25) is 9.69 Å². The van der Waals surface area contributed by atoms with Gasteiger partial charge in [-0.05, 0) is 36.8 Å². The third kappa shape index (κ3) is 3.50. The molecule has 0 aliphatic rings. The first-order valence-electron chi connectivity index (χ1n) is 7.18. The summed E-state index contributed by atoms with van der Waals surface area (Å²) in [6.45, 7) is 2.50. The van der Waals surface area contributed by atoms with E-state index in [4.69, 9.17) is 23.2 Å². The molecule has 0 aliphatic heterocycles. The van der Waals surface area contributed by atoms with Crippen LogP contribution in [-0.4, -0.2) is 17.4 Å². The highest BCUT2D eigenvalue weighted by molar-refractivity contribution is 7.22. The van der Waals surface area contributed by atoms with Gasteiger partial charge in [0.2, 0.25) is 5.91 Å². The average molecular weight is 365 g/mol. The highest BCUT2D eigenvalue weighted by atomic mass is 35.5. The number of carbonyl (C=O) groups is 1. The largest absolute Gasteiger partial charge is 0.288 e. The molecule has 23 heavy (non-hydrogen) atoms. The Morgan fingerprint density at radius 1 is 1.22 bits per heavy atom. The van der Waals surface area contributed by atoms with Crippen molar-refractivity contribution >= 4 is 55.8 Å². The van der Waals surface area contributed by atoms with Crippen LogP contribution in [0.15, 0.2) is 42.5 Å². The zero-order chi connectivity index (χ0) is 16.4. The zero-order valence-corrected chi connectivity index (χ0v) is 14.8. The summed E-state index contributed by atoms with van der Waals surface area (Å²) in [5.74, 6) is -0.0317. The van der Waals surface area contributed by atoms with E-state index in [0.29, 0.717) is 21.7 Å². The molecule has 0 saturated heterocycles. The molecule has 3 nitrogen and oxygen atoms in total. The Bertz CT molecular complexity index is 830. The molecule has 1 aromatic heterocycles. The maximum absolute atomic E-state index is 12.7. The van der Waals surface area contributed by atoms with Crippen LogP contribution in [0, 0.1) is 0 Å². The quantitative estimate of drug-likeness (QED) is 0.637. The molecular formula is C17H14Cl2N2OS. The summed E-state index contributed by atoms with van der Waals surface area (Å²) in [5.41, 5.74) is 1.67. The molecule has 6 heteroatoms. The second-order valence-electron chi connectivity index (χ2n) is 5.01. The molecule has 0 aliphatic carbocycles. The van der Waals surface area contributed by atoms with E-state index < -0.39 is 0 Å². The predicted molar refractivity (Wildman–Crippen MR) is 97.8 cm³/mol. The number of likely N-dealkylation sites (N-methyl/N-ethyl adjacent to an activating group) is 1. The number of carbonyl (C=O) groups excluding carboxylic acids is 1. The van der Waals surface area contributed by atoms with Crippen LogP contribution in [-0.2, 0) is 11.2 Å². The molecule has 0 spiro atoms. The standard InChI is InChI=1S/C17H14Cl2N2OS/c1-2-21(17-20-14-5-3-4-6-15(14)23-17)16(22)9-11-7-8-12(18)10-13(11)19/h3-8,10H,2,9H2,1H3. The Labute approximate surface area is 148 Å². The zero-order valence-electron chi connectivity index (χ0n) is 12.4.